The fraction of sp³-hybridized carbons (Fsp3) is 0.556. The van der Waals surface area contributed by atoms with E-state index in [2.05, 4.69) is 19.2 Å². The molecular formula is C18H25NO5S. The first-order valence-electron chi connectivity index (χ1n) is 8.45. The number of hydrogen-bond acceptors (Lipinski definition) is 5. The minimum absolute atomic E-state index is 0.115. The van der Waals surface area contributed by atoms with E-state index in [4.69, 9.17) is 4.74 Å². The van der Waals surface area contributed by atoms with Gasteiger partial charge in [-0.05, 0) is 42.5 Å². The van der Waals surface area contributed by atoms with E-state index >= 15 is 0 Å². The van der Waals surface area contributed by atoms with Crippen LogP contribution in [0.2, 0.25) is 0 Å². The molecule has 0 aliphatic heterocycles. The standard InChI is InChI=1S/C18H25NO5S/c1-12-5-4-6-16(13(12)2)19-17(20)11-24-18(21)14-7-9-15(10-8-14)25(3,22)23/h7-10,12-13,16H,4-6,11H2,1-3H3,(H,19,20)/t12-,13-,16+/m1/s1. The first kappa shape index (κ1) is 19.4. The third-order valence-corrected chi connectivity index (χ3v) is 6.03. The number of carbonyl (C=O) groups excluding carboxylic acids is 2. The molecule has 0 bridgehead atoms. The molecule has 0 radical (unpaired) electrons. The van der Waals surface area contributed by atoms with Crippen LogP contribution < -0.4 is 5.32 Å². The first-order chi connectivity index (χ1) is 11.7. The van der Waals surface area contributed by atoms with Crippen LogP contribution in [0.25, 0.3) is 0 Å². The topological polar surface area (TPSA) is 89.5 Å². The Morgan fingerprint density at radius 1 is 1.16 bits per heavy atom. The zero-order valence-corrected chi connectivity index (χ0v) is 15.6. The predicted octanol–water partition coefficient (Wildman–Crippen LogP) is 2.19. The summed E-state index contributed by atoms with van der Waals surface area (Å²) in [6.07, 6.45) is 4.30. The molecule has 1 aliphatic carbocycles. The van der Waals surface area contributed by atoms with E-state index in [-0.39, 0.29) is 29.0 Å². The molecule has 2 rings (SSSR count). The molecule has 1 fully saturated rings. The number of ether oxygens (including phenoxy) is 1. The third-order valence-electron chi connectivity index (χ3n) is 4.91. The lowest BCUT2D eigenvalue weighted by Gasteiger charge is -2.34. The summed E-state index contributed by atoms with van der Waals surface area (Å²) in [4.78, 5) is 24.1. The zero-order valence-electron chi connectivity index (χ0n) is 14.8. The van der Waals surface area contributed by atoms with Crippen molar-refractivity contribution in [2.45, 2.75) is 44.0 Å². The van der Waals surface area contributed by atoms with E-state index in [1.807, 2.05) is 0 Å². The molecule has 0 aromatic heterocycles. The number of rotatable bonds is 5. The average Bonchev–Trinajstić information content (AvgIpc) is 2.56. The second-order valence-corrected chi connectivity index (χ2v) is 8.83. The molecule has 1 N–H and O–H groups in total. The van der Waals surface area contributed by atoms with Crippen LogP contribution in [0.4, 0.5) is 0 Å². The number of hydrogen-bond donors (Lipinski definition) is 1. The van der Waals surface area contributed by atoms with Crippen LogP contribution in [0, 0.1) is 11.8 Å². The number of sulfone groups is 1. The molecule has 6 nitrogen and oxygen atoms in total. The molecule has 7 heteroatoms. The van der Waals surface area contributed by atoms with E-state index in [1.165, 1.54) is 30.7 Å². The Morgan fingerprint density at radius 2 is 1.80 bits per heavy atom. The van der Waals surface area contributed by atoms with Crippen molar-refractivity contribution in [3.05, 3.63) is 29.8 Å². The van der Waals surface area contributed by atoms with Crippen molar-refractivity contribution in [3.8, 4) is 0 Å². The van der Waals surface area contributed by atoms with Gasteiger partial charge in [-0.25, -0.2) is 13.2 Å². The van der Waals surface area contributed by atoms with Crippen LogP contribution in [-0.4, -0.2) is 39.2 Å². The van der Waals surface area contributed by atoms with Gasteiger partial charge in [0.15, 0.2) is 16.4 Å². The van der Waals surface area contributed by atoms with Gasteiger partial charge < -0.3 is 10.1 Å². The highest BCUT2D eigenvalue weighted by molar-refractivity contribution is 7.90. The van der Waals surface area contributed by atoms with Gasteiger partial charge in [0.05, 0.1) is 10.5 Å². The highest BCUT2D eigenvalue weighted by Gasteiger charge is 2.28. The van der Waals surface area contributed by atoms with Gasteiger partial charge in [-0.15, -0.1) is 0 Å². The molecule has 138 valence electrons. The van der Waals surface area contributed by atoms with Crippen LogP contribution in [-0.2, 0) is 19.4 Å². The van der Waals surface area contributed by atoms with Crippen molar-refractivity contribution in [2.75, 3.05) is 12.9 Å². The Morgan fingerprint density at radius 3 is 2.40 bits per heavy atom. The van der Waals surface area contributed by atoms with Crippen LogP contribution >= 0.6 is 0 Å². The van der Waals surface area contributed by atoms with E-state index in [0.717, 1.165) is 19.1 Å². The van der Waals surface area contributed by atoms with Gasteiger partial charge in [0.1, 0.15) is 0 Å². The second kappa shape index (κ2) is 7.99. The summed E-state index contributed by atoms with van der Waals surface area (Å²) >= 11 is 0. The monoisotopic (exact) mass is 367 g/mol. The minimum Gasteiger partial charge on any atom is -0.452 e. The quantitative estimate of drug-likeness (QED) is 0.806. The van der Waals surface area contributed by atoms with E-state index in [1.54, 1.807) is 0 Å². The number of esters is 1. The average molecular weight is 367 g/mol. The van der Waals surface area contributed by atoms with E-state index < -0.39 is 15.8 Å². The second-order valence-electron chi connectivity index (χ2n) is 6.81. The molecule has 0 spiro atoms. The van der Waals surface area contributed by atoms with Gasteiger partial charge in [0, 0.05) is 12.3 Å². The zero-order chi connectivity index (χ0) is 18.6. The predicted molar refractivity (Wildman–Crippen MR) is 93.9 cm³/mol. The maximum absolute atomic E-state index is 12.0. The Hall–Kier alpha value is -1.89. The van der Waals surface area contributed by atoms with Crippen molar-refractivity contribution in [2.24, 2.45) is 11.8 Å². The van der Waals surface area contributed by atoms with Gasteiger partial charge in [-0.1, -0.05) is 26.7 Å². The van der Waals surface area contributed by atoms with Crippen molar-refractivity contribution < 1.29 is 22.7 Å². The Balaban J connectivity index is 1.86. The summed E-state index contributed by atoms with van der Waals surface area (Å²) in [6.45, 7) is 3.97. The molecule has 1 aliphatic rings. The number of benzene rings is 1. The summed E-state index contributed by atoms with van der Waals surface area (Å²) in [6, 6.07) is 5.56. The van der Waals surface area contributed by atoms with Crippen molar-refractivity contribution in [1.82, 2.24) is 5.32 Å². The summed E-state index contributed by atoms with van der Waals surface area (Å²) in [5.41, 5.74) is 0.208. The summed E-state index contributed by atoms with van der Waals surface area (Å²) in [7, 11) is -3.31. The SMILES string of the molecule is C[C@@H]1[C@H](C)CCC[C@@H]1NC(=O)COC(=O)c1ccc(S(C)(=O)=O)cc1. The molecular weight excluding hydrogens is 342 g/mol. The van der Waals surface area contributed by atoms with Crippen molar-refractivity contribution >= 4 is 21.7 Å². The number of amides is 1. The Kier molecular flexibility index (Phi) is 6.21. The molecule has 25 heavy (non-hydrogen) atoms. The fourth-order valence-corrected chi connectivity index (χ4v) is 3.72. The highest BCUT2D eigenvalue weighted by Crippen LogP contribution is 2.29. The minimum atomic E-state index is -3.31. The Bertz CT molecular complexity index is 726. The number of carbonyl (C=O) groups is 2. The molecule has 0 unspecified atom stereocenters. The molecule has 1 amide bonds. The normalized spacial score (nSPS) is 23.7. The van der Waals surface area contributed by atoms with Gasteiger partial charge in [-0.2, -0.15) is 0 Å². The largest absolute Gasteiger partial charge is 0.452 e. The lowest BCUT2D eigenvalue weighted by molar-refractivity contribution is -0.125. The fourth-order valence-electron chi connectivity index (χ4n) is 3.09. The summed E-state index contributed by atoms with van der Waals surface area (Å²) < 4.78 is 27.8. The summed E-state index contributed by atoms with van der Waals surface area (Å²) in [5.74, 6) is -0.000726. The highest BCUT2D eigenvalue weighted by atomic mass is 32.2. The van der Waals surface area contributed by atoms with E-state index in [9.17, 15) is 18.0 Å². The maximum Gasteiger partial charge on any atom is 0.338 e. The smallest absolute Gasteiger partial charge is 0.338 e. The molecule has 0 heterocycles. The lowest BCUT2D eigenvalue weighted by Crippen LogP contribution is -2.45. The van der Waals surface area contributed by atoms with Gasteiger partial charge in [0.25, 0.3) is 5.91 Å². The van der Waals surface area contributed by atoms with Crippen molar-refractivity contribution in [1.29, 1.82) is 0 Å². The molecule has 1 aromatic carbocycles. The van der Waals surface area contributed by atoms with Crippen molar-refractivity contribution in [3.63, 3.8) is 0 Å². The third kappa shape index (κ3) is 5.29. The summed E-state index contributed by atoms with van der Waals surface area (Å²) in [5, 5.41) is 2.94. The van der Waals surface area contributed by atoms with Gasteiger partial charge in [0.2, 0.25) is 0 Å². The molecule has 3 atom stereocenters. The van der Waals surface area contributed by atoms with Gasteiger partial charge in [-0.3, -0.25) is 4.79 Å². The molecule has 1 aromatic rings. The van der Waals surface area contributed by atoms with Crippen LogP contribution in [0.1, 0.15) is 43.5 Å². The lowest BCUT2D eigenvalue weighted by atomic mass is 9.78. The van der Waals surface area contributed by atoms with Crippen LogP contribution in [0.15, 0.2) is 29.2 Å². The van der Waals surface area contributed by atoms with Crippen LogP contribution in [0.5, 0.6) is 0 Å². The number of nitrogens with one attached hydrogen (secondary N) is 1. The Labute approximate surface area is 148 Å². The first-order valence-corrected chi connectivity index (χ1v) is 10.3. The van der Waals surface area contributed by atoms with E-state index in [0.29, 0.717) is 11.8 Å². The van der Waals surface area contributed by atoms with Gasteiger partial charge >= 0.3 is 5.97 Å². The molecule has 0 saturated heterocycles. The maximum atomic E-state index is 12.0. The van der Waals surface area contributed by atoms with Crippen LogP contribution in [0.3, 0.4) is 0 Å². The molecule has 1 saturated carbocycles.